The molecule has 7 nitrogen and oxygen atoms in total. The summed E-state index contributed by atoms with van der Waals surface area (Å²) in [5, 5.41) is 11.2. The molecule has 0 spiro atoms. The lowest BCUT2D eigenvalue weighted by atomic mass is 10.1. The Hall–Kier alpha value is -2.07. The van der Waals surface area contributed by atoms with Crippen LogP contribution in [0, 0.1) is 10.1 Å². The van der Waals surface area contributed by atoms with E-state index in [0.717, 1.165) is 12.1 Å². The highest BCUT2D eigenvalue weighted by Crippen LogP contribution is 2.36. The van der Waals surface area contributed by atoms with Crippen molar-refractivity contribution in [2.24, 2.45) is 5.73 Å². The number of rotatable bonds is 5. The van der Waals surface area contributed by atoms with Crippen LogP contribution in [-0.4, -0.2) is 48.0 Å². The zero-order valence-corrected chi connectivity index (χ0v) is 15.6. The van der Waals surface area contributed by atoms with Gasteiger partial charge in [0.2, 0.25) is 5.91 Å². The van der Waals surface area contributed by atoms with Gasteiger partial charge < -0.3 is 15.5 Å². The van der Waals surface area contributed by atoms with Crippen LogP contribution in [0.2, 0.25) is 0 Å². The monoisotopic (exact) mass is 410 g/mol. The summed E-state index contributed by atoms with van der Waals surface area (Å²) in [6.07, 6.45) is -3.74. The van der Waals surface area contributed by atoms with Crippen LogP contribution in [0.4, 0.5) is 24.5 Å². The van der Waals surface area contributed by atoms with E-state index in [1.807, 2.05) is 6.92 Å². The van der Waals surface area contributed by atoms with Crippen molar-refractivity contribution in [2.45, 2.75) is 32.0 Å². The Balaban J connectivity index is 0.00000364. The number of nitrogens with two attached hydrogens (primary N) is 1. The van der Waals surface area contributed by atoms with Crippen molar-refractivity contribution >= 4 is 29.7 Å². The maximum atomic E-state index is 12.8. The predicted molar refractivity (Wildman–Crippen MR) is 97.0 cm³/mol. The molecule has 27 heavy (non-hydrogen) atoms. The summed E-state index contributed by atoms with van der Waals surface area (Å²) in [6.45, 7) is 3.16. The van der Waals surface area contributed by atoms with E-state index in [1.54, 1.807) is 9.80 Å². The second-order valence-corrected chi connectivity index (χ2v) is 6.34. The van der Waals surface area contributed by atoms with Gasteiger partial charge in [0.25, 0.3) is 5.69 Å². The third kappa shape index (κ3) is 5.96. The van der Waals surface area contributed by atoms with Crippen molar-refractivity contribution in [3.05, 3.63) is 33.9 Å². The number of piperazine rings is 1. The molecule has 0 saturated carbocycles. The van der Waals surface area contributed by atoms with Gasteiger partial charge >= 0.3 is 6.18 Å². The first-order valence-corrected chi connectivity index (χ1v) is 8.23. The van der Waals surface area contributed by atoms with E-state index >= 15 is 0 Å². The Kier molecular flexibility index (Phi) is 7.85. The van der Waals surface area contributed by atoms with Gasteiger partial charge in [0.05, 0.1) is 10.5 Å². The SMILES string of the molecule is CC(N)CCC(=O)N1CCN(c2ccc(C(F)(F)F)cc2[N+](=O)[O-])CC1.Cl. The fourth-order valence-corrected chi connectivity index (χ4v) is 2.82. The molecule has 152 valence electrons. The maximum absolute atomic E-state index is 12.8. The zero-order valence-electron chi connectivity index (χ0n) is 14.7. The highest BCUT2D eigenvalue weighted by Gasteiger charge is 2.34. The third-order valence-electron chi connectivity index (χ3n) is 4.29. The number of hydrogen-bond donors (Lipinski definition) is 1. The third-order valence-corrected chi connectivity index (χ3v) is 4.29. The highest BCUT2D eigenvalue weighted by atomic mass is 35.5. The number of alkyl halides is 3. The molecule has 1 saturated heterocycles. The van der Waals surface area contributed by atoms with Crippen LogP contribution >= 0.6 is 12.4 Å². The van der Waals surface area contributed by atoms with Crippen LogP contribution in [0.15, 0.2) is 18.2 Å². The van der Waals surface area contributed by atoms with Gasteiger partial charge in [0.15, 0.2) is 0 Å². The van der Waals surface area contributed by atoms with E-state index < -0.39 is 22.4 Å². The minimum atomic E-state index is -4.64. The molecule has 1 aromatic rings. The number of amides is 1. The smallest absolute Gasteiger partial charge is 0.362 e. The normalized spacial score (nSPS) is 15.9. The van der Waals surface area contributed by atoms with Crippen LogP contribution in [0.25, 0.3) is 0 Å². The largest absolute Gasteiger partial charge is 0.416 e. The van der Waals surface area contributed by atoms with E-state index in [4.69, 9.17) is 5.73 Å². The van der Waals surface area contributed by atoms with Gasteiger partial charge in [0, 0.05) is 44.7 Å². The van der Waals surface area contributed by atoms with Crippen molar-refractivity contribution in [3.63, 3.8) is 0 Å². The standard InChI is InChI=1S/C16H21F3N4O3.ClH/c1-11(20)2-5-15(24)22-8-6-21(7-9-22)13-4-3-12(16(17,18)19)10-14(13)23(25)26;/h3-4,10-11H,2,5-9,20H2,1H3;1H. The fraction of sp³-hybridized carbons (Fsp3) is 0.562. The summed E-state index contributed by atoms with van der Waals surface area (Å²) < 4.78 is 38.4. The van der Waals surface area contributed by atoms with Gasteiger partial charge in [-0.25, -0.2) is 0 Å². The summed E-state index contributed by atoms with van der Waals surface area (Å²) >= 11 is 0. The van der Waals surface area contributed by atoms with Crippen LogP contribution in [0.3, 0.4) is 0 Å². The maximum Gasteiger partial charge on any atom is 0.416 e. The molecule has 1 amide bonds. The van der Waals surface area contributed by atoms with Gasteiger partial charge in [-0.15, -0.1) is 12.4 Å². The minimum absolute atomic E-state index is 0. The molecule has 1 aromatic carbocycles. The summed E-state index contributed by atoms with van der Waals surface area (Å²) in [6, 6.07) is 2.43. The number of carbonyl (C=O) groups is 1. The summed E-state index contributed by atoms with van der Waals surface area (Å²) in [5.41, 5.74) is 4.12. The van der Waals surface area contributed by atoms with E-state index in [1.165, 1.54) is 0 Å². The number of anilines is 1. The quantitative estimate of drug-likeness (QED) is 0.595. The number of benzene rings is 1. The Morgan fingerprint density at radius 1 is 1.30 bits per heavy atom. The van der Waals surface area contributed by atoms with Crippen molar-refractivity contribution in [1.82, 2.24) is 4.90 Å². The average molecular weight is 411 g/mol. The topological polar surface area (TPSA) is 92.7 Å². The average Bonchev–Trinajstić information content (AvgIpc) is 2.58. The van der Waals surface area contributed by atoms with Gasteiger partial charge in [-0.2, -0.15) is 13.2 Å². The van der Waals surface area contributed by atoms with E-state index in [9.17, 15) is 28.1 Å². The summed E-state index contributed by atoms with van der Waals surface area (Å²) in [7, 11) is 0. The van der Waals surface area contributed by atoms with Crippen molar-refractivity contribution in [3.8, 4) is 0 Å². The van der Waals surface area contributed by atoms with Crippen LogP contribution in [0.5, 0.6) is 0 Å². The Bertz CT molecular complexity index is 677. The van der Waals surface area contributed by atoms with Gasteiger partial charge in [-0.3, -0.25) is 14.9 Å². The lowest BCUT2D eigenvalue weighted by Crippen LogP contribution is -2.49. The lowest BCUT2D eigenvalue weighted by molar-refractivity contribution is -0.384. The minimum Gasteiger partial charge on any atom is -0.362 e. The summed E-state index contributed by atoms with van der Waals surface area (Å²) in [4.78, 5) is 25.8. The second-order valence-electron chi connectivity index (χ2n) is 6.34. The number of nitro groups is 1. The number of nitrogens with zero attached hydrogens (tertiary/aromatic N) is 3. The van der Waals surface area contributed by atoms with Gasteiger partial charge in [-0.1, -0.05) is 0 Å². The van der Waals surface area contributed by atoms with Gasteiger partial charge in [-0.05, 0) is 25.5 Å². The Morgan fingerprint density at radius 3 is 2.37 bits per heavy atom. The summed E-state index contributed by atoms with van der Waals surface area (Å²) in [5.74, 6) is -0.0381. The number of nitro benzene ring substituents is 1. The molecular formula is C16H22ClF3N4O3. The van der Waals surface area contributed by atoms with Crippen LogP contribution in [0.1, 0.15) is 25.3 Å². The van der Waals surface area contributed by atoms with Crippen LogP contribution in [-0.2, 0) is 11.0 Å². The Labute approximate surface area is 160 Å². The molecule has 11 heteroatoms. The highest BCUT2D eigenvalue weighted by molar-refractivity contribution is 5.85. The molecular weight excluding hydrogens is 389 g/mol. The molecule has 1 atom stereocenters. The first-order valence-electron chi connectivity index (χ1n) is 8.23. The molecule has 0 radical (unpaired) electrons. The Morgan fingerprint density at radius 2 is 1.89 bits per heavy atom. The van der Waals surface area contributed by atoms with E-state index in [-0.39, 0.29) is 30.0 Å². The molecule has 2 rings (SSSR count). The fourth-order valence-electron chi connectivity index (χ4n) is 2.82. The molecule has 0 aromatic heterocycles. The zero-order chi connectivity index (χ0) is 19.5. The molecule has 1 aliphatic heterocycles. The first-order chi connectivity index (χ1) is 12.1. The second kappa shape index (κ2) is 9.23. The van der Waals surface area contributed by atoms with Gasteiger partial charge in [0.1, 0.15) is 5.69 Å². The predicted octanol–water partition coefficient (Wildman–Crippen LogP) is 2.81. The molecule has 1 fully saturated rings. The molecule has 2 N–H and O–H groups in total. The molecule has 0 bridgehead atoms. The number of hydrogen-bond acceptors (Lipinski definition) is 5. The van der Waals surface area contributed by atoms with E-state index in [2.05, 4.69) is 0 Å². The lowest BCUT2D eigenvalue weighted by Gasteiger charge is -2.36. The first kappa shape index (κ1) is 23.0. The van der Waals surface area contributed by atoms with Crippen molar-refractivity contribution in [2.75, 3.05) is 31.1 Å². The van der Waals surface area contributed by atoms with Crippen molar-refractivity contribution < 1.29 is 22.9 Å². The van der Waals surface area contributed by atoms with Crippen molar-refractivity contribution in [1.29, 1.82) is 0 Å². The van der Waals surface area contributed by atoms with E-state index in [0.29, 0.717) is 45.1 Å². The number of halogens is 4. The number of carbonyl (C=O) groups excluding carboxylic acids is 1. The van der Waals surface area contributed by atoms with Crippen LogP contribution < -0.4 is 10.6 Å². The molecule has 1 unspecified atom stereocenters. The molecule has 1 aliphatic rings. The molecule has 0 aliphatic carbocycles. The molecule has 1 heterocycles.